The van der Waals surface area contributed by atoms with E-state index in [1.165, 1.54) is 0 Å². The van der Waals surface area contributed by atoms with Gasteiger partial charge in [-0.05, 0) is 36.4 Å². The van der Waals surface area contributed by atoms with Crippen LogP contribution in [0.1, 0.15) is 20.9 Å². The van der Waals surface area contributed by atoms with Crippen LogP contribution in [0.2, 0.25) is 0 Å². The lowest BCUT2D eigenvalue weighted by molar-refractivity contribution is 0.0951. The van der Waals surface area contributed by atoms with Gasteiger partial charge in [0.2, 0.25) is 0 Å². The van der Waals surface area contributed by atoms with Gasteiger partial charge in [0, 0.05) is 5.56 Å². The minimum atomic E-state index is -0.168. The molecule has 0 spiro atoms. The summed E-state index contributed by atoms with van der Waals surface area (Å²) >= 11 is 1.57. The van der Waals surface area contributed by atoms with Gasteiger partial charge in [0.15, 0.2) is 0 Å². The molecule has 0 unspecified atom stereocenters. The van der Waals surface area contributed by atoms with E-state index in [0.717, 1.165) is 15.2 Å². The Balaban J connectivity index is 1.68. The van der Waals surface area contributed by atoms with Crippen molar-refractivity contribution in [2.75, 3.05) is 0 Å². The second-order valence-corrected chi connectivity index (χ2v) is 5.56. The molecule has 1 amide bonds. The Labute approximate surface area is 125 Å². The van der Waals surface area contributed by atoms with Crippen molar-refractivity contribution >= 4 is 27.5 Å². The first-order chi connectivity index (χ1) is 10.3. The van der Waals surface area contributed by atoms with Gasteiger partial charge in [-0.25, -0.2) is 4.98 Å². The van der Waals surface area contributed by atoms with Crippen LogP contribution in [0.25, 0.3) is 10.2 Å². The first-order valence-electron chi connectivity index (χ1n) is 6.39. The normalized spacial score (nSPS) is 10.2. The number of fused-ring (bicyclic) bond motifs is 1. The van der Waals surface area contributed by atoms with E-state index in [1.807, 2.05) is 30.3 Å². The number of hydrogen-bond acceptors (Lipinski definition) is 4. The number of carbonyl (C=O) groups is 1. The van der Waals surface area contributed by atoms with Crippen molar-refractivity contribution in [1.29, 1.82) is 5.26 Å². The summed E-state index contributed by atoms with van der Waals surface area (Å²) in [6.45, 7) is 0.401. The number of aromatic nitrogens is 1. The number of thiazole rings is 1. The monoisotopic (exact) mass is 293 g/mol. The SMILES string of the molecule is N#Cc1ccc(C(=O)NCc2nc3ccccc3s2)cc1. The number of para-hydroxylation sites is 1. The molecule has 0 saturated heterocycles. The molecular formula is C16H11N3OS. The molecule has 3 rings (SSSR count). The van der Waals surface area contributed by atoms with E-state index in [0.29, 0.717) is 17.7 Å². The van der Waals surface area contributed by atoms with Crippen molar-refractivity contribution in [3.8, 4) is 6.07 Å². The third-order valence-corrected chi connectivity index (χ3v) is 4.05. The predicted molar refractivity (Wildman–Crippen MR) is 81.9 cm³/mol. The van der Waals surface area contributed by atoms with Gasteiger partial charge in [-0.1, -0.05) is 12.1 Å². The van der Waals surface area contributed by atoms with E-state index in [9.17, 15) is 4.79 Å². The molecule has 4 nitrogen and oxygen atoms in total. The maximum atomic E-state index is 12.0. The predicted octanol–water partition coefficient (Wildman–Crippen LogP) is 3.10. The van der Waals surface area contributed by atoms with Crippen molar-refractivity contribution in [2.45, 2.75) is 6.54 Å². The third-order valence-electron chi connectivity index (χ3n) is 3.01. The molecule has 1 N–H and O–H groups in total. The van der Waals surface area contributed by atoms with Gasteiger partial charge in [-0.15, -0.1) is 11.3 Å². The lowest BCUT2D eigenvalue weighted by atomic mass is 10.1. The highest BCUT2D eigenvalue weighted by Crippen LogP contribution is 2.21. The molecule has 102 valence electrons. The topological polar surface area (TPSA) is 65.8 Å². The highest BCUT2D eigenvalue weighted by molar-refractivity contribution is 7.18. The molecule has 0 atom stereocenters. The van der Waals surface area contributed by atoms with Gasteiger partial charge >= 0.3 is 0 Å². The molecular weight excluding hydrogens is 282 g/mol. The number of nitriles is 1. The molecule has 0 radical (unpaired) electrons. The second-order valence-electron chi connectivity index (χ2n) is 4.45. The first-order valence-corrected chi connectivity index (χ1v) is 7.21. The van der Waals surface area contributed by atoms with Crippen molar-refractivity contribution in [2.24, 2.45) is 0 Å². The highest BCUT2D eigenvalue weighted by atomic mass is 32.1. The Bertz CT molecular complexity index is 798. The van der Waals surface area contributed by atoms with Crippen LogP contribution in [0.3, 0.4) is 0 Å². The van der Waals surface area contributed by atoms with Gasteiger partial charge in [-0.2, -0.15) is 5.26 Å². The minimum absolute atomic E-state index is 0.168. The molecule has 1 aromatic heterocycles. The number of rotatable bonds is 3. The van der Waals surface area contributed by atoms with E-state index in [4.69, 9.17) is 5.26 Å². The van der Waals surface area contributed by atoms with Crippen LogP contribution in [0.5, 0.6) is 0 Å². The zero-order valence-electron chi connectivity index (χ0n) is 11.0. The summed E-state index contributed by atoms with van der Waals surface area (Å²) in [5, 5.41) is 12.4. The third kappa shape index (κ3) is 2.91. The molecule has 5 heteroatoms. The molecule has 0 aliphatic rings. The quantitative estimate of drug-likeness (QED) is 0.807. The summed E-state index contributed by atoms with van der Waals surface area (Å²) in [5.41, 5.74) is 2.03. The number of amides is 1. The summed E-state index contributed by atoms with van der Waals surface area (Å²) in [6, 6.07) is 16.5. The number of benzene rings is 2. The Morgan fingerprint density at radius 2 is 1.95 bits per heavy atom. The average Bonchev–Trinajstić information content (AvgIpc) is 2.95. The van der Waals surface area contributed by atoms with Crippen molar-refractivity contribution in [3.63, 3.8) is 0 Å². The molecule has 3 aromatic rings. The van der Waals surface area contributed by atoms with Gasteiger partial charge in [-0.3, -0.25) is 4.79 Å². The molecule has 21 heavy (non-hydrogen) atoms. The largest absolute Gasteiger partial charge is 0.346 e. The number of carbonyl (C=O) groups excluding carboxylic acids is 1. The van der Waals surface area contributed by atoms with Crippen LogP contribution in [0, 0.1) is 11.3 Å². The zero-order chi connectivity index (χ0) is 14.7. The van der Waals surface area contributed by atoms with Crippen LogP contribution < -0.4 is 5.32 Å². The van der Waals surface area contributed by atoms with Gasteiger partial charge < -0.3 is 5.32 Å². The highest BCUT2D eigenvalue weighted by Gasteiger charge is 2.07. The molecule has 2 aromatic carbocycles. The van der Waals surface area contributed by atoms with Crippen molar-refractivity contribution < 1.29 is 4.79 Å². The fourth-order valence-electron chi connectivity index (χ4n) is 1.95. The van der Waals surface area contributed by atoms with Crippen molar-refractivity contribution in [1.82, 2.24) is 10.3 Å². The fourth-order valence-corrected chi connectivity index (χ4v) is 2.86. The van der Waals surface area contributed by atoms with E-state index in [-0.39, 0.29) is 5.91 Å². The van der Waals surface area contributed by atoms with Gasteiger partial charge in [0.1, 0.15) is 5.01 Å². The minimum Gasteiger partial charge on any atom is -0.346 e. The maximum absolute atomic E-state index is 12.0. The Morgan fingerprint density at radius 3 is 2.67 bits per heavy atom. The number of nitrogens with one attached hydrogen (secondary N) is 1. The second kappa shape index (κ2) is 5.73. The van der Waals surface area contributed by atoms with Crippen LogP contribution in [-0.4, -0.2) is 10.9 Å². The number of hydrogen-bond donors (Lipinski definition) is 1. The van der Waals surface area contributed by atoms with Crippen LogP contribution >= 0.6 is 11.3 Å². The summed E-state index contributed by atoms with van der Waals surface area (Å²) in [5.74, 6) is -0.168. The zero-order valence-corrected chi connectivity index (χ0v) is 11.9. The number of nitrogens with zero attached hydrogens (tertiary/aromatic N) is 2. The lowest BCUT2D eigenvalue weighted by Crippen LogP contribution is -2.22. The molecule has 1 heterocycles. The molecule has 0 aliphatic carbocycles. The van der Waals surface area contributed by atoms with Crippen LogP contribution in [0.15, 0.2) is 48.5 Å². The standard InChI is InChI=1S/C16H11N3OS/c17-9-11-5-7-12(8-6-11)16(20)18-10-15-19-13-3-1-2-4-14(13)21-15/h1-8H,10H2,(H,18,20). The van der Waals surface area contributed by atoms with Crippen LogP contribution in [-0.2, 0) is 6.54 Å². The summed E-state index contributed by atoms with van der Waals surface area (Å²) in [4.78, 5) is 16.5. The summed E-state index contributed by atoms with van der Waals surface area (Å²) < 4.78 is 1.11. The van der Waals surface area contributed by atoms with E-state index >= 15 is 0 Å². The fraction of sp³-hybridized carbons (Fsp3) is 0.0625. The molecule has 0 aliphatic heterocycles. The maximum Gasteiger partial charge on any atom is 0.251 e. The Kier molecular flexibility index (Phi) is 3.63. The average molecular weight is 293 g/mol. The van der Waals surface area contributed by atoms with E-state index < -0.39 is 0 Å². The summed E-state index contributed by atoms with van der Waals surface area (Å²) in [6.07, 6.45) is 0. The molecule has 0 bridgehead atoms. The molecule has 0 saturated carbocycles. The smallest absolute Gasteiger partial charge is 0.251 e. The Morgan fingerprint density at radius 1 is 1.19 bits per heavy atom. The van der Waals surface area contributed by atoms with E-state index in [1.54, 1.807) is 35.6 Å². The van der Waals surface area contributed by atoms with E-state index in [2.05, 4.69) is 10.3 Å². The lowest BCUT2D eigenvalue weighted by Gasteiger charge is -2.02. The van der Waals surface area contributed by atoms with Gasteiger partial charge in [0.25, 0.3) is 5.91 Å². The van der Waals surface area contributed by atoms with Gasteiger partial charge in [0.05, 0.1) is 28.4 Å². The summed E-state index contributed by atoms with van der Waals surface area (Å²) in [7, 11) is 0. The first kappa shape index (κ1) is 13.3. The Hall–Kier alpha value is -2.71. The molecule has 0 fully saturated rings. The van der Waals surface area contributed by atoms with Crippen LogP contribution in [0.4, 0.5) is 0 Å². The van der Waals surface area contributed by atoms with Crippen molar-refractivity contribution in [3.05, 3.63) is 64.7 Å².